The fourth-order valence-electron chi connectivity index (χ4n) is 3.06. The molecule has 5 heteroatoms. The molecule has 3 rings (SSSR count). The van der Waals surface area contributed by atoms with Crippen molar-refractivity contribution in [1.29, 1.82) is 0 Å². The average molecular weight is 259 g/mol. The van der Waals surface area contributed by atoms with Crippen LogP contribution in [0.4, 0.5) is 0 Å². The van der Waals surface area contributed by atoms with Gasteiger partial charge in [0.25, 0.3) is 0 Å². The van der Waals surface area contributed by atoms with Gasteiger partial charge in [-0.15, -0.1) is 0 Å². The first kappa shape index (κ1) is 12.4. The molecule has 2 aromatic heterocycles. The van der Waals surface area contributed by atoms with Gasteiger partial charge in [0.05, 0.1) is 6.04 Å². The summed E-state index contributed by atoms with van der Waals surface area (Å²) in [5.74, 6) is 1.05. The number of aromatic nitrogens is 5. The summed E-state index contributed by atoms with van der Waals surface area (Å²) >= 11 is 0. The lowest BCUT2D eigenvalue weighted by Gasteiger charge is -2.25. The Kier molecular flexibility index (Phi) is 3.62. The summed E-state index contributed by atoms with van der Waals surface area (Å²) in [7, 11) is 0. The summed E-state index contributed by atoms with van der Waals surface area (Å²) in [5, 5.41) is 8.85. The monoisotopic (exact) mass is 259 g/mol. The Morgan fingerprint density at radius 2 is 2.11 bits per heavy atom. The average Bonchev–Trinajstić information content (AvgIpc) is 3.12. The minimum atomic E-state index is 0.194. The summed E-state index contributed by atoms with van der Waals surface area (Å²) in [6.07, 6.45) is 12.9. The Labute approximate surface area is 113 Å². The Morgan fingerprint density at radius 3 is 2.79 bits per heavy atom. The second kappa shape index (κ2) is 5.55. The predicted octanol–water partition coefficient (Wildman–Crippen LogP) is 2.98. The van der Waals surface area contributed by atoms with Crippen molar-refractivity contribution < 1.29 is 0 Å². The first-order chi connectivity index (χ1) is 9.40. The molecule has 19 heavy (non-hydrogen) atoms. The molecule has 1 aliphatic carbocycles. The van der Waals surface area contributed by atoms with Gasteiger partial charge in [-0.05, 0) is 25.3 Å². The molecule has 0 saturated heterocycles. The zero-order chi connectivity index (χ0) is 13.1. The molecule has 1 saturated carbocycles. The van der Waals surface area contributed by atoms with Gasteiger partial charge in [-0.3, -0.25) is 4.68 Å². The lowest BCUT2D eigenvalue weighted by Crippen LogP contribution is -2.22. The minimum Gasteiger partial charge on any atom is -0.262 e. The van der Waals surface area contributed by atoms with Crippen molar-refractivity contribution in [2.24, 2.45) is 0 Å². The van der Waals surface area contributed by atoms with Crippen LogP contribution in [-0.2, 0) is 0 Å². The third-order valence-electron chi connectivity index (χ3n) is 4.05. The van der Waals surface area contributed by atoms with Crippen LogP contribution >= 0.6 is 0 Å². The largest absolute Gasteiger partial charge is 0.262 e. The summed E-state index contributed by atoms with van der Waals surface area (Å²) in [6.45, 7) is 2.17. The standard InChI is InChI=1S/C14H21N5/c1-2-13(18-10-6-9-16-18)14-15-11-17-19(14)12-7-4-3-5-8-12/h6,9-13H,2-5,7-8H2,1H3. The third-order valence-corrected chi connectivity index (χ3v) is 4.05. The van der Waals surface area contributed by atoms with Crippen LogP contribution in [0, 0.1) is 0 Å². The van der Waals surface area contributed by atoms with E-state index in [9.17, 15) is 0 Å². The van der Waals surface area contributed by atoms with Crippen LogP contribution in [0.2, 0.25) is 0 Å². The molecule has 1 fully saturated rings. The van der Waals surface area contributed by atoms with Crippen molar-refractivity contribution in [2.45, 2.75) is 57.5 Å². The molecular weight excluding hydrogens is 238 g/mol. The molecule has 2 aromatic rings. The molecule has 1 atom stereocenters. The second-order valence-electron chi connectivity index (χ2n) is 5.26. The molecule has 5 nitrogen and oxygen atoms in total. The maximum absolute atomic E-state index is 4.51. The van der Waals surface area contributed by atoms with E-state index in [1.807, 2.05) is 23.1 Å². The zero-order valence-electron chi connectivity index (χ0n) is 11.4. The molecule has 0 spiro atoms. The van der Waals surface area contributed by atoms with Gasteiger partial charge >= 0.3 is 0 Å². The van der Waals surface area contributed by atoms with Gasteiger partial charge in [0.2, 0.25) is 0 Å². The van der Waals surface area contributed by atoms with E-state index in [1.54, 1.807) is 6.33 Å². The molecule has 1 unspecified atom stereocenters. The first-order valence-corrected chi connectivity index (χ1v) is 7.28. The molecule has 0 radical (unpaired) electrons. The Balaban J connectivity index is 1.89. The number of nitrogens with zero attached hydrogens (tertiary/aromatic N) is 5. The zero-order valence-corrected chi connectivity index (χ0v) is 11.4. The molecule has 0 bridgehead atoms. The molecule has 0 aromatic carbocycles. The number of rotatable bonds is 4. The van der Waals surface area contributed by atoms with E-state index < -0.39 is 0 Å². The second-order valence-corrected chi connectivity index (χ2v) is 5.26. The number of hydrogen-bond donors (Lipinski definition) is 0. The van der Waals surface area contributed by atoms with E-state index in [4.69, 9.17) is 0 Å². The van der Waals surface area contributed by atoms with E-state index in [1.165, 1.54) is 32.1 Å². The van der Waals surface area contributed by atoms with Gasteiger partial charge in [0, 0.05) is 12.4 Å². The van der Waals surface area contributed by atoms with E-state index in [-0.39, 0.29) is 6.04 Å². The van der Waals surface area contributed by atoms with E-state index in [0.29, 0.717) is 6.04 Å². The minimum absolute atomic E-state index is 0.194. The van der Waals surface area contributed by atoms with Crippen molar-refractivity contribution in [1.82, 2.24) is 24.5 Å². The van der Waals surface area contributed by atoms with Crippen molar-refractivity contribution in [2.75, 3.05) is 0 Å². The maximum atomic E-state index is 4.51. The Morgan fingerprint density at radius 1 is 1.26 bits per heavy atom. The van der Waals surface area contributed by atoms with Gasteiger partial charge in [-0.2, -0.15) is 10.2 Å². The third kappa shape index (κ3) is 2.41. The van der Waals surface area contributed by atoms with Crippen LogP contribution < -0.4 is 0 Å². The highest BCUT2D eigenvalue weighted by Gasteiger charge is 2.24. The molecule has 0 N–H and O–H groups in total. The molecular formula is C14H21N5. The molecule has 1 aliphatic rings. The molecule has 102 valence electrons. The van der Waals surface area contributed by atoms with Gasteiger partial charge < -0.3 is 0 Å². The van der Waals surface area contributed by atoms with Crippen LogP contribution in [-0.4, -0.2) is 24.5 Å². The van der Waals surface area contributed by atoms with Crippen molar-refractivity contribution in [3.05, 3.63) is 30.6 Å². The summed E-state index contributed by atoms with van der Waals surface area (Å²) in [4.78, 5) is 4.51. The number of hydrogen-bond acceptors (Lipinski definition) is 3. The van der Waals surface area contributed by atoms with Crippen LogP contribution in [0.15, 0.2) is 24.8 Å². The fraction of sp³-hybridized carbons (Fsp3) is 0.643. The lowest BCUT2D eigenvalue weighted by molar-refractivity contribution is 0.307. The van der Waals surface area contributed by atoms with E-state index in [0.717, 1.165) is 12.2 Å². The quantitative estimate of drug-likeness (QED) is 0.848. The molecule has 2 heterocycles. The van der Waals surface area contributed by atoms with E-state index in [2.05, 4.69) is 26.8 Å². The summed E-state index contributed by atoms with van der Waals surface area (Å²) in [5.41, 5.74) is 0. The highest BCUT2D eigenvalue weighted by molar-refractivity contribution is 4.99. The highest BCUT2D eigenvalue weighted by Crippen LogP contribution is 2.30. The van der Waals surface area contributed by atoms with Crippen LogP contribution in [0.5, 0.6) is 0 Å². The highest BCUT2D eigenvalue weighted by atomic mass is 15.4. The van der Waals surface area contributed by atoms with Gasteiger partial charge in [-0.1, -0.05) is 26.2 Å². The lowest BCUT2D eigenvalue weighted by atomic mass is 9.95. The smallest absolute Gasteiger partial charge is 0.151 e. The fourth-order valence-corrected chi connectivity index (χ4v) is 3.06. The molecule has 0 amide bonds. The van der Waals surface area contributed by atoms with Gasteiger partial charge in [0.1, 0.15) is 12.4 Å². The topological polar surface area (TPSA) is 48.5 Å². The summed E-state index contributed by atoms with van der Waals surface area (Å²) in [6, 6.07) is 2.68. The molecule has 0 aliphatic heterocycles. The van der Waals surface area contributed by atoms with Crippen molar-refractivity contribution in [3.8, 4) is 0 Å². The Hall–Kier alpha value is -1.65. The Bertz CT molecular complexity index is 496. The summed E-state index contributed by atoms with van der Waals surface area (Å²) < 4.78 is 4.14. The van der Waals surface area contributed by atoms with Gasteiger partial charge in [0.15, 0.2) is 5.82 Å². The van der Waals surface area contributed by atoms with Crippen LogP contribution in [0.1, 0.15) is 63.4 Å². The van der Waals surface area contributed by atoms with E-state index >= 15 is 0 Å². The van der Waals surface area contributed by atoms with Crippen LogP contribution in [0.25, 0.3) is 0 Å². The SMILES string of the molecule is CCC(c1ncnn1C1CCCCC1)n1cccn1. The predicted molar refractivity (Wildman–Crippen MR) is 72.8 cm³/mol. The van der Waals surface area contributed by atoms with Crippen LogP contribution in [0.3, 0.4) is 0 Å². The van der Waals surface area contributed by atoms with Crippen molar-refractivity contribution in [3.63, 3.8) is 0 Å². The maximum Gasteiger partial charge on any atom is 0.151 e. The first-order valence-electron chi connectivity index (χ1n) is 7.28. The van der Waals surface area contributed by atoms with Crippen molar-refractivity contribution >= 4 is 0 Å². The van der Waals surface area contributed by atoms with Gasteiger partial charge in [-0.25, -0.2) is 9.67 Å². The normalized spacial score (nSPS) is 18.6.